The summed E-state index contributed by atoms with van der Waals surface area (Å²) in [6, 6.07) is 13.6. The van der Waals surface area contributed by atoms with Crippen LogP contribution in [0.4, 0.5) is 0 Å². The molecule has 182 valence electrons. The fourth-order valence-corrected chi connectivity index (χ4v) is 3.84. The highest BCUT2D eigenvalue weighted by atomic mass is 16.5. The van der Waals surface area contributed by atoms with E-state index in [2.05, 4.69) is 0 Å². The lowest BCUT2D eigenvalue weighted by Gasteiger charge is -2.26. The van der Waals surface area contributed by atoms with Gasteiger partial charge in [0.15, 0.2) is 0 Å². The Bertz CT molecular complexity index is 1030. The van der Waals surface area contributed by atoms with Gasteiger partial charge in [0.05, 0.1) is 24.8 Å². The number of ketones is 1. The van der Waals surface area contributed by atoms with Crippen molar-refractivity contribution >= 4 is 17.4 Å². The summed E-state index contributed by atoms with van der Waals surface area (Å²) in [5, 5.41) is 11.2. The van der Waals surface area contributed by atoms with E-state index in [0.29, 0.717) is 37.6 Å². The van der Waals surface area contributed by atoms with Crippen molar-refractivity contribution in [2.75, 3.05) is 40.4 Å². The van der Waals surface area contributed by atoms with Gasteiger partial charge in [0.2, 0.25) is 0 Å². The van der Waals surface area contributed by atoms with Crippen molar-refractivity contribution in [1.82, 2.24) is 9.80 Å². The summed E-state index contributed by atoms with van der Waals surface area (Å²) in [7, 11) is 3.82. The fraction of sp³-hybridized carbons (Fsp3) is 0.407. The molecule has 1 aliphatic rings. The topological polar surface area (TPSA) is 79.3 Å². The molecule has 1 amide bonds. The Labute approximate surface area is 201 Å². The van der Waals surface area contributed by atoms with Gasteiger partial charge in [0.25, 0.3) is 11.7 Å². The molecule has 1 heterocycles. The second-order valence-corrected chi connectivity index (χ2v) is 8.59. The van der Waals surface area contributed by atoms with E-state index in [1.807, 2.05) is 57.1 Å². The van der Waals surface area contributed by atoms with Crippen LogP contribution < -0.4 is 9.47 Å². The normalized spacial score (nSPS) is 17.4. The number of benzene rings is 2. The second-order valence-electron chi connectivity index (χ2n) is 8.59. The molecule has 34 heavy (non-hydrogen) atoms. The number of hydrogen-bond acceptors (Lipinski definition) is 6. The number of likely N-dealkylation sites (N-methyl/N-ethyl adjacent to an activating group) is 1. The van der Waals surface area contributed by atoms with Crippen LogP contribution in [0.3, 0.4) is 0 Å². The van der Waals surface area contributed by atoms with E-state index in [1.165, 1.54) is 4.90 Å². The smallest absolute Gasteiger partial charge is 0.295 e. The van der Waals surface area contributed by atoms with Crippen LogP contribution in [0.2, 0.25) is 0 Å². The number of aliphatic hydroxyl groups is 1. The SMILES string of the molecule is CCCOc1ccc(C2C(=C(O)c3cccc(OCCC)c3)C(=O)C(=O)N2CCN(C)C)cc1. The molecule has 1 unspecified atom stereocenters. The van der Waals surface area contributed by atoms with Gasteiger partial charge in [-0.3, -0.25) is 9.59 Å². The molecule has 1 aliphatic heterocycles. The standard InChI is InChI=1S/C27H34N2O5/c1-5-16-33-21-12-10-19(11-13-21)24-23(26(31)27(32)29(24)15-14-28(3)4)25(30)20-8-7-9-22(18-20)34-17-6-2/h7-13,18,24,30H,5-6,14-17H2,1-4H3. The Morgan fingerprint density at radius 3 is 2.24 bits per heavy atom. The zero-order valence-electron chi connectivity index (χ0n) is 20.4. The minimum absolute atomic E-state index is 0.0821. The zero-order valence-corrected chi connectivity index (χ0v) is 20.4. The van der Waals surface area contributed by atoms with Gasteiger partial charge >= 0.3 is 0 Å². The van der Waals surface area contributed by atoms with Crippen LogP contribution in [0.1, 0.15) is 43.9 Å². The number of likely N-dealkylation sites (tertiary alicyclic amines) is 1. The molecule has 1 fully saturated rings. The van der Waals surface area contributed by atoms with Gasteiger partial charge in [-0.05, 0) is 56.8 Å². The van der Waals surface area contributed by atoms with Crippen molar-refractivity contribution < 1.29 is 24.2 Å². The number of carbonyl (C=O) groups is 2. The molecule has 1 N–H and O–H groups in total. The Morgan fingerprint density at radius 1 is 0.971 bits per heavy atom. The van der Waals surface area contributed by atoms with E-state index in [9.17, 15) is 14.7 Å². The van der Waals surface area contributed by atoms with Gasteiger partial charge in [-0.25, -0.2) is 0 Å². The maximum absolute atomic E-state index is 13.1. The van der Waals surface area contributed by atoms with Crippen LogP contribution in [0.15, 0.2) is 54.1 Å². The number of aliphatic hydroxyl groups excluding tert-OH is 1. The molecule has 1 atom stereocenters. The number of Topliss-reactive ketones (excluding diaryl/α,β-unsaturated/α-hetero) is 1. The van der Waals surface area contributed by atoms with Gasteiger partial charge in [-0.2, -0.15) is 0 Å². The summed E-state index contributed by atoms with van der Waals surface area (Å²) >= 11 is 0. The number of rotatable bonds is 11. The third kappa shape index (κ3) is 5.78. The average Bonchev–Trinajstić information content (AvgIpc) is 3.09. The largest absolute Gasteiger partial charge is 0.507 e. The lowest BCUT2D eigenvalue weighted by atomic mass is 9.95. The maximum atomic E-state index is 13.1. The van der Waals surface area contributed by atoms with Crippen LogP contribution in [-0.4, -0.2) is 67.0 Å². The molecular formula is C27H34N2O5. The summed E-state index contributed by atoms with van der Waals surface area (Å²) in [5.41, 5.74) is 1.26. The number of hydrogen-bond donors (Lipinski definition) is 1. The first-order valence-corrected chi connectivity index (χ1v) is 11.8. The Kier molecular flexibility index (Phi) is 8.71. The van der Waals surface area contributed by atoms with Gasteiger partial charge in [-0.15, -0.1) is 0 Å². The highest BCUT2D eigenvalue weighted by Crippen LogP contribution is 2.40. The van der Waals surface area contributed by atoms with Crippen molar-refractivity contribution in [2.45, 2.75) is 32.7 Å². The zero-order chi connectivity index (χ0) is 24.7. The van der Waals surface area contributed by atoms with Gasteiger partial charge in [-0.1, -0.05) is 38.1 Å². The molecule has 3 rings (SSSR count). The van der Waals surface area contributed by atoms with Crippen molar-refractivity contribution in [1.29, 1.82) is 0 Å². The van der Waals surface area contributed by atoms with Gasteiger partial charge < -0.3 is 24.4 Å². The van der Waals surface area contributed by atoms with E-state index in [4.69, 9.17) is 9.47 Å². The van der Waals surface area contributed by atoms with Crippen molar-refractivity contribution in [3.8, 4) is 11.5 Å². The van der Waals surface area contributed by atoms with Crippen LogP contribution in [0.25, 0.3) is 5.76 Å². The highest BCUT2D eigenvalue weighted by Gasteiger charge is 2.45. The van der Waals surface area contributed by atoms with Crippen LogP contribution in [0, 0.1) is 0 Å². The number of carbonyl (C=O) groups excluding carboxylic acids is 2. The van der Waals surface area contributed by atoms with E-state index < -0.39 is 17.7 Å². The number of ether oxygens (including phenoxy) is 2. The van der Waals surface area contributed by atoms with E-state index in [1.54, 1.807) is 24.3 Å². The second kappa shape index (κ2) is 11.7. The molecule has 0 bridgehead atoms. The third-order valence-electron chi connectivity index (χ3n) is 5.58. The molecule has 1 saturated heterocycles. The van der Waals surface area contributed by atoms with E-state index in [-0.39, 0.29) is 11.3 Å². The minimum Gasteiger partial charge on any atom is -0.507 e. The monoisotopic (exact) mass is 466 g/mol. The molecule has 2 aromatic rings. The number of nitrogens with zero attached hydrogens (tertiary/aromatic N) is 2. The summed E-state index contributed by atoms with van der Waals surface area (Å²) in [6.45, 7) is 6.14. The van der Waals surface area contributed by atoms with Crippen molar-refractivity contribution in [3.05, 3.63) is 65.2 Å². The summed E-state index contributed by atoms with van der Waals surface area (Å²) in [5.74, 6) is -0.187. The van der Waals surface area contributed by atoms with E-state index >= 15 is 0 Å². The molecule has 2 aromatic carbocycles. The first-order valence-electron chi connectivity index (χ1n) is 11.8. The molecule has 0 spiro atoms. The predicted molar refractivity (Wildman–Crippen MR) is 132 cm³/mol. The first-order chi connectivity index (χ1) is 16.4. The lowest BCUT2D eigenvalue weighted by Crippen LogP contribution is -2.35. The molecule has 0 aromatic heterocycles. The van der Waals surface area contributed by atoms with Crippen LogP contribution in [-0.2, 0) is 9.59 Å². The van der Waals surface area contributed by atoms with Crippen LogP contribution in [0.5, 0.6) is 11.5 Å². The van der Waals surface area contributed by atoms with Crippen molar-refractivity contribution in [3.63, 3.8) is 0 Å². The van der Waals surface area contributed by atoms with Gasteiger partial charge in [0.1, 0.15) is 17.3 Å². The average molecular weight is 467 g/mol. The summed E-state index contributed by atoms with van der Waals surface area (Å²) in [4.78, 5) is 29.7. The lowest BCUT2D eigenvalue weighted by molar-refractivity contribution is -0.140. The van der Waals surface area contributed by atoms with Crippen LogP contribution >= 0.6 is 0 Å². The molecule has 0 aliphatic carbocycles. The molecule has 7 heteroatoms. The summed E-state index contributed by atoms with van der Waals surface area (Å²) < 4.78 is 11.4. The fourth-order valence-electron chi connectivity index (χ4n) is 3.84. The molecule has 7 nitrogen and oxygen atoms in total. The molecule has 0 saturated carbocycles. The first kappa shape index (κ1) is 25.3. The Balaban J connectivity index is 2.05. The predicted octanol–water partition coefficient (Wildman–Crippen LogP) is 4.25. The maximum Gasteiger partial charge on any atom is 0.295 e. The third-order valence-corrected chi connectivity index (χ3v) is 5.58. The molecule has 0 radical (unpaired) electrons. The van der Waals surface area contributed by atoms with E-state index in [0.717, 1.165) is 24.2 Å². The molecular weight excluding hydrogens is 432 g/mol. The van der Waals surface area contributed by atoms with Crippen molar-refractivity contribution in [2.24, 2.45) is 0 Å². The van der Waals surface area contributed by atoms with Gasteiger partial charge in [0, 0.05) is 18.7 Å². The highest BCUT2D eigenvalue weighted by molar-refractivity contribution is 6.46. The Morgan fingerprint density at radius 2 is 1.62 bits per heavy atom. The summed E-state index contributed by atoms with van der Waals surface area (Å²) in [6.07, 6.45) is 1.75. The quantitative estimate of drug-likeness (QED) is 0.303. The number of amides is 1. The minimum atomic E-state index is -0.694. The Hall–Kier alpha value is -3.32.